The molecule has 4 atom stereocenters. The lowest BCUT2D eigenvalue weighted by Gasteiger charge is -2.33. The largest absolute Gasteiger partial charge is 0.318 e. The summed E-state index contributed by atoms with van der Waals surface area (Å²) in [5.74, 6) is 0.874. The molecule has 1 saturated heterocycles. The molecule has 0 bridgehead atoms. The normalized spacial score (nSPS) is 36.4. The van der Waals surface area contributed by atoms with Crippen molar-refractivity contribution >= 4 is 5.91 Å². The maximum Gasteiger partial charge on any atom is 0.244 e. The molecule has 0 spiro atoms. The molecule has 21 heavy (non-hydrogen) atoms. The summed E-state index contributed by atoms with van der Waals surface area (Å²) in [7, 11) is 0. The van der Waals surface area contributed by atoms with Gasteiger partial charge in [-0.1, -0.05) is 50.6 Å². The molecule has 1 aromatic rings. The number of hydrogen-bond donors (Lipinski definition) is 1. The van der Waals surface area contributed by atoms with Crippen molar-refractivity contribution in [2.45, 2.75) is 64.2 Å². The molecule has 0 radical (unpaired) electrons. The van der Waals surface area contributed by atoms with E-state index >= 15 is 0 Å². The van der Waals surface area contributed by atoms with Gasteiger partial charge in [0.15, 0.2) is 0 Å². The summed E-state index contributed by atoms with van der Waals surface area (Å²) in [6, 6.07) is 10.8. The molecule has 2 aliphatic rings. The summed E-state index contributed by atoms with van der Waals surface area (Å²) in [5, 5.41) is 3.61. The lowest BCUT2D eigenvalue weighted by molar-refractivity contribution is -0.135. The Labute approximate surface area is 127 Å². The quantitative estimate of drug-likeness (QED) is 0.922. The van der Waals surface area contributed by atoms with Crippen molar-refractivity contribution in [3.05, 3.63) is 35.9 Å². The fourth-order valence-electron chi connectivity index (χ4n) is 3.85. The van der Waals surface area contributed by atoms with E-state index in [1.807, 2.05) is 13.0 Å². The van der Waals surface area contributed by atoms with Crippen LogP contribution in [0.3, 0.4) is 0 Å². The van der Waals surface area contributed by atoms with Crippen LogP contribution in [0.1, 0.15) is 58.2 Å². The predicted octanol–water partition coefficient (Wildman–Crippen LogP) is 3.47. The van der Waals surface area contributed by atoms with Crippen molar-refractivity contribution in [2.75, 3.05) is 0 Å². The summed E-state index contributed by atoms with van der Waals surface area (Å²) in [5.41, 5.74) is 0.769. The van der Waals surface area contributed by atoms with Crippen LogP contribution in [0.5, 0.6) is 0 Å². The monoisotopic (exact) mass is 286 g/mol. The third kappa shape index (κ3) is 2.38. The molecule has 1 N–H and O–H groups in total. The number of carbonyl (C=O) groups is 1. The maximum atomic E-state index is 13.0. The molecular formula is C18H26N2O. The van der Waals surface area contributed by atoms with Gasteiger partial charge in [0.05, 0.1) is 5.54 Å². The molecule has 1 heterocycles. The fourth-order valence-corrected chi connectivity index (χ4v) is 3.85. The molecule has 1 aliphatic carbocycles. The first-order valence-corrected chi connectivity index (χ1v) is 8.22. The van der Waals surface area contributed by atoms with Crippen molar-refractivity contribution in [1.82, 2.24) is 10.2 Å². The summed E-state index contributed by atoms with van der Waals surface area (Å²) in [4.78, 5) is 15.2. The third-order valence-corrected chi connectivity index (χ3v) is 5.44. The molecule has 1 aliphatic heterocycles. The van der Waals surface area contributed by atoms with Gasteiger partial charge in [-0.3, -0.25) is 10.1 Å². The van der Waals surface area contributed by atoms with Gasteiger partial charge >= 0.3 is 0 Å². The van der Waals surface area contributed by atoms with E-state index in [1.165, 1.54) is 18.4 Å². The number of nitrogens with zero attached hydrogens (tertiary/aromatic N) is 1. The number of nitrogens with one attached hydrogen (secondary N) is 1. The average molecular weight is 286 g/mol. The second kappa shape index (κ2) is 5.45. The molecule has 2 fully saturated rings. The first-order chi connectivity index (χ1) is 10.1. The number of carbonyl (C=O) groups excluding carboxylic acids is 1. The Morgan fingerprint density at radius 2 is 2.00 bits per heavy atom. The molecule has 3 heteroatoms. The third-order valence-electron chi connectivity index (χ3n) is 5.44. The summed E-state index contributed by atoms with van der Waals surface area (Å²) in [6.45, 7) is 6.42. The topological polar surface area (TPSA) is 32.3 Å². The molecule has 3 rings (SSSR count). The van der Waals surface area contributed by atoms with Crippen LogP contribution in [0.25, 0.3) is 0 Å². The lowest BCUT2D eigenvalue weighted by Crippen LogP contribution is -2.45. The summed E-state index contributed by atoms with van der Waals surface area (Å²) in [6.07, 6.45) is 4.46. The lowest BCUT2D eigenvalue weighted by atomic mass is 9.97. The SMILES string of the molecule is CCC1(C)NC(c2ccccc2)N(C2CCCC2C)C1=O. The first kappa shape index (κ1) is 14.6. The van der Waals surface area contributed by atoms with Gasteiger partial charge in [-0.15, -0.1) is 0 Å². The second-order valence-corrected chi connectivity index (χ2v) is 6.83. The van der Waals surface area contributed by atoms with Gasteiger partial charge in [0.1, 0.15) is 6.17 Å². The molecule has 1 amide bonds. The molecule has 0 aromatic heterocycles. The van der Waals surface area contributed by atoms with Crippen LogP contribution in [0, 0.1) is 5.92 Å². The van der Waals surface area contributed by atoms with Gasteiger partial charge in [0.2, 0.25) is 5.91 Å². The smallest absolute Gasteiger partial charge is 0.244 e. The minimum Gasteiger partial charge on any atom is -0.318 e. The van der Waals surface area contributed by atoms with Crippen LogP contribution < -0.4 is 5.32 Å². The standard InChI is InChI=1S/C18H26N2O/c1-4-18(3)17(21)20(15-12-8-9-13(15)2)16(19-18)14-10-6-5-7-11-14/h5-7,10-11,13,15-16,19H,4,8-9,12H2,1-3H3. The van der Waals surface area contributed by atoms with Crippen molar-refractivity contribution in [3.63, 3.8) is 0 Å². The van der Waals surface area contributed by atoms with E-state index in [-0.39, 0.29) is 12.1 Å². The number of benzene rings is 1. The number of hydrogen-bond acceptors (Lipinski definition) is 2. The van der Waals surface area contributed by atoms with Gasteiger partial charge in [-0.2, -0.15) is 0 Å². The molecule has 4 unspecified atom stereocenters. The zero-order chi connectivity index (χ0) is 15.0. The summed E-state index contributed by atoms with van der Waals surface area (Å²) >= 11 is 0. The molecule has 1 saturated carbocycles. The van der Waals surface area contributed by atoms with E-state index in [1.54, 1.807) is 0 Å². The maximum absolute atomic E-state index is 13.0. The molecule has 1 aromatic carbocycles. The van der Waals surface area contributed by atoms with Crippen LogP contribution in [-0.2, 0) is 4.79 Å². The van der Waals surface area contributed by atoms with Crippen molar-refractivity contribution in [1.29, 1.82) is 0 Å². The Bertz CT molecular complexity index is 515. The van der Waals surface area contributed by atoms with Crippen LogP contribution in [0.2, 0.25) is 0 Å². The van der Waals surface area contributed by atoms with Crippen molar-refractivity contribution < 1.29 is 4.79 Å². The fraction of sp³-hybridized carbons (Fsp3) is 0.611. The Morgan fingerprint density at radius 3 is 2.57 bits per heavy atom. The Balaban J connectivity index is 1.98. The van der Waals surface area contributed by atoms with Crippen molar-refractivity contribution in [2.24, 2.45) is 5.92 Å². The predicted molar refractivity (Wildman–Crippen MR) is 84.7 cm³/mol. The van der Waals surface area contributed by atoms with E-state index in [4.69, 9.17) is 0 Å². The highest BCUT2D eigenvalue weighted by atomic mass is 16.2. The van der Waals surface area contributed by atoms with Crippen LogP contribution in [0.15, 0.2) is 30.3 Å². The van der Waals surface area contributed by atoms with Gasteiger partial charge in [0.25, 0.3) is 0 Å². The molecular weight excluding hydrogens is 260 g/mol. The minimum absolute atomic E-state index is 0.0224. The van der Waals surface area contributed by atoms with Gasteiger partial charge < -0.3 is 4.90 Å². The van der Waals surface area contributed by atoms with E-state index in [0.29, 0.717) is 12.0 Å². The Hall–Kier alpha value is -1.35. The second-order valence-electron chi connectivity index (χ2n) is 6.83. The number of rotatable bonds is 3. The van der Waals surface area contributed by atoms with Crippen LogP contribution in [-0.4, -0.2) is 22.4 Å². The highest BCUT2D eigenvalue weighted by Gasteiger charge is 2.51. The Morgan fingerprint density at radius 1 is 1.29 bits per heavy atom. The summed E-state index contributed by atoms with van der Waals surface area (Å²) < 4.78 is 0. The van der Waals surface area contributed by atoms with E-state index in [2.05, 4.69) is 48.3 Å². The first-order valence-electron chi connectivity index (χ1n) is 8.22. The average Bonchev–Trinajstić information content (AvgIpc) is 3.03. The molecule has 3 nitrogen and oxygen atoms in total. The van der Waals surface area contributed by atoms with Crippen molar-refractivity contribution in [3.8, 4) is 0 Å². The number of amides is 1. The van der Waals surface area contributed by atoms with Gasteiger partial charge in [0, 0.05) is 6.04 Å². The van der Waals surface area contributed by atoms with Crippen LogP contribution >= 0.6 is 0 Å². The van der Waals surface area contributed by atoms with Gasteiger partial charge in [-0.25, -0.2) is 0 Å². The zero-order valence-electron chi connectivity index (χ0n) is 13.3. The minimum atomic E-state index is -0.428. The zero-order valence-corrected chi connectivity index (χ0v) is 13.3. The van der Waals surface area contributed by atoms with Gasteiger partial charge in [-0.05, 0) is 37.7 Å². The van der Waals surface area contributed by atoms with E-state index in [0.717, 1.165) is 12.8 Å². The highest BCUT2D eigenvalue weighted by molar-refractivity contribution is 5.89. The highest BCUT2D eigenvalue weighted by Crippen LogP contribution is 2.40. The molecule has 114 valence electrons. The Kier molecular flexibility index (Phi) is 3.78. The van der Waals surface area contributed by atoms with E-state index in [9.17, 15) is 4.79 Å². The van der Waals surface area contributed by atoms with E-state index < -0.39 is 5.54 Å². The van der Waals surface area contributed by atoms with Crippen LogP contribution in [0.4, 0.5) is 0 Å².